The average molecular weight is 267 g/mol. The van der Waals surface area contributed by atoms with E-state index in [0.29, 0.717) is 5.69 Å². The number of anilines is 1. The summed E-state index contributed by atoms with van der Waals surface area (Å²) in [6.07, 6.45) is 1.38. The summed E-state index contributed by atoms with van der Waals surface area (Å²) in [7, 11) is 0. The van der Waals surface area contributed by atoms with Gasteiger partial charge in [-0.05, 0) is 30.3 Å². The van der Waals surface area contributed by atoms with E-state index in [4.69, 9.17) is 11.6 Å². The Balaban J connectivity index is 2.22. The first-order valence-corrected chi connectivity index (χ1v) is 5.36. The zero-order chi connectivity index (χ0) is 13.1. The third-order valence-corrected chi connectivity index (χ3v) is 2.47. The number of aromatic nitrogens is 1. The molecule has 0 unspecified atom stereocenters. The van der Waals surface area contributed by atoms with Crippen LogP contribution in [0.5, 0.6) is 5.75 Å². The maximum atomic E-state index is 12.9. The van der Waals surface area contributed by atoms with Gasteiger partial charge in [0.25, 0.3) is 5.91 Å². The molecule has 0 fully saturated rings. The fourth-order valence-corrected chi connectivity index (χ4v) is 1.52. The van der Waals surface area contributed by atoms with Crippen molar-refractivity contribution in [1.82, 2.24) is 4.98 Å². The maximum Gasteiger partial charge on any atom is 0.278 e. The monoisotopic (exact) mass is 266 g/mol. The summed E-state index contributed by atoms with van der Waals surface area (Å²) in [5.74, 6) is -1.41. The zero-order valence-corrected chi connectivity index (χ0v) is 9.78. The predicted molar refractivity (Wildman–Crippen MR) is 65.3 cm³/mol. The lowest BCUT2D eigenvalue weighted by molar-refractivity contribution is 0.101. The van der Waals surface area contributed by atoms with Crippen LogP contribution in [0.3, 0.4) is 0 Å². The van der Waals surface area contributed by atoms with E-state index >= 15 is 0 Å². The molecule has 1 aromatic carbocycles. The normalized spacial score (nSPS) is 10.1. The topological polar surface area (TPSA) is 62.2 Å². The number of rotatable bonds is 2. The summed E-state index contributed by atoms with van der Waals surface area (Å²) >= 11 is 5.58. The molecule has 6 heteroatoms. The van der Waals surface area contributed by atoms with Crippen molar-refractivity contribution in [2.75, 3.05) is 5.32 Å². The van der Waals surface area contributed by atoms with Gasteiger partial charge in [-0.15, -0.1) is 0 Å². The summed E-state index contributed by atoms with van der Waals surface area (Å²) in [6, 6.07) is 6.62. The minimum Gasteiger partial charge on any atom is -0.505 e. The van der Waals surface area contributed by atoms with Gasteiger partial charge in [0, 0.05) is 11.9 Å². The Morgan fingerprint density at radius 1 is 1.39 bits per heavy atom. The van der Waals surface area contributed by atoms with E-state index in [9.17, 15) is 14.3 Å². The quantitative estimate of drug-likeness (QED) is 0.879. The van der Waals surface area contributed by atoms with Gasteiger partial charge in [-0.25, -0.2) is 9.37 Å². The molecule has 0 aliphatic rings. The van der Waals surface area contributed by atoms with Gasteiger partial charge < -0.3 is 10.4 Å². The van der Waals surface area contributed by atoms with Crippen LogP contribution < -0.4 is 5.32 Å². The summed E-state index contributed by atoms with van der Waals surface area (Å²) in [5, 5.41) is 11.8. The summed E-state index contributed by atoms with van der Waals surface area (Å²) in [4.78, 5) is 15.5. The number of halogens is 2. The minimum atomic E-state index is -0.601. The van der Waals surface area contributed by atoms with Crippen LogP contribution in [0.2, 0.25) is 5.02 Å². The lowest BCUT2D eigenvalue weighted by Crippen LogP contribution is -2.13. The Hall–Kier alpha value is -2.14. The lowest BCUT2D eigenvalue weighted by atomic mass is 10.2. The third kappa shape index (κ3) is 2.57. The fourth-order valence-electron chi connectivity index (χ4n) is 1.34. The maximum absolute atomic E-state index is 12.9. The molecule has 0 atom stereocenters. The Kier molecular flexibility index (Phi) is 3.43. The molecular formula is C12H8ClFN2O2. The number of aromatic hydroxyl groups is 1. The van der Waals surface area contributed by atoms with E-state index in [2.05, 4.69) is 10.3 Å². The van der Waals surface area contributed by atoms with Gasteiger partial charge in [-0.1, -0.05) is 11.6 Å². The van der Waals surface area contributed by atoms with Crippen LogP contribution >= 0.6 is 11.6 Å². The molecule has 0 saturated carbocycles. The van der Waals surface area contributed by atoms with Gasteiger partial charge in [0.1, 0.15) is 11.6 Å². The summed E-state index contributed by atoms with van der Waals surface area (Å²) in [6.45, 7) is 0. The summed E-state index contributed by atoms with van der Waals surface area (Å²) < 4.78 is 12.9. The smallest absolute Gasteiger partial charge is 0.278 e. The van der Waals surface area contributed by atoms with Crippen LogP contribution in [0.4, 0.5) is 10.1 Å². The highest BCUT2D eigenvalue weighted by Crippen LogP contribution is 2.21. The number of pyridine rings is 1. The molecule has 18 heavy (non-hydrogen) atoms. The van der Waals surface area contributed by atoms with Crippen LogP contribution in [-0.4, -0.2) is 16.0 Å². The highest BCUT2D eigenvalue weighted by molar-refractivity contribution is 6.31. The second-order valence-electron chi connectivity index (χ2n) is 3.45. The number of nitrogens with one attached hydrogen (secondary N) is 1. The Morgan fingerprint density at radius 2 is 2.17 bits per heavy atom. The van der Waals surface area contributed by atoms with Crippen LogP contribution in [0.1, 0.15) is 10.5 Å². The van der Waals surface area contributed by atoms with Crippen molar-refractivity contribution in [1.29, 1.82) is 0 Å². The number of hydrogen-bond acceptors (Lipinski definition) is 3. The number of hydrogen-bond donors (Lipinski definition) is 2. The molecule has 0 bridgehead atoms. The average Bonchev–Trinajstić information content (AvgIpc) is 2.34. The van der Waals surface area contributed by atoms with Crippen LogP contribution in [0, 0.1) is 5.82 Å². The van der Waals surface area contributed by atoms with Gasteiger partial charge in [-0.2, -0.15) is 0 Å². The molecule has 0 aliphatic carbocycles. The van der Waals surface area contributed by atoms with Crippen LogP contribution in [0.25, 0.3) is 0 Å². The van der Waals surface area contributed by atoms with E-state index in [-0.39, 0.29) is 16.5 Å². The first-order valence-electron chi connectivity index (χ1n) is 4.98. The lowest BCUT2D eigenvalue weighted by Gasteiger charge is -2.06. The zero-order valence-electron chi connectivity index (χ0n) is 9.02. The van der Waals surface area contributed by atoms with E-state index in [1.165, 1.54) is 30.5 Å². The van der Waals surface area contributed by atoms with Crippen molar-refractivity contribution in [3.63, 3.8) is 0 Å². The predicted octanol–water partition coefficient (Wildman–Crippen LogP) is 2.83. The number of nitrogens with zero attached hydrogens (tertiary/aromatic N) is 1. The number of carbonyl (C=O) groups is 1. The molecule has 1 aromatic heterocycles. The van der Waals surface area contributed by atoms with Gasteiger partial charge >= 0.3 is 0 Å². The Bertz CT molecular complexity index is 604. The second kappa shape index (κ2) is 5.01. The highest BCUT2D eigenvalue weighted by atomic mass is 35.5. The molecule has 4 nitrogen and oxygen atoms in total. The van der Waals surface area contributed by atoms with Crippen molar-refractivity contribution >= 4 is 23.2 Å². The molecule has 2 rings (SSSR count). The molecule has 1 amide bonds. The molecular weight excluding hydrogens is 259 g/mol. The standard InChI is InChI=1S/C12H8ClFN2O2/c13-8-6-7(3-4-9(8)14)16-12(18)11-10(17)2-1-5-15-11/h1-6,17H,(H,16,18). The molecule has 2 N–H and O–H groups in total. The van der Waals surface area contributed by atoms with E-state index in [0.717, 1.165) is 6.07 Å². The van der Waals surface area contributed by atoms with Crippen molar-refractivity contribution in [2.45, 2.75) is 0 Å². The Labute approximate surface area is 107 Å². The molecule has 0 aliphatic heterocycles. The van der Waals surface area contributed by atoms with Crippen LogP contribution in [0.15, 0.2) is 36.5 Å². The number of benzene rings is 1. The molecule has 92 valence electrons. The minimum absolute atomic E-state index is 0.0990. The van der Waals surface area contributed by atoms with Crippen molar-refractivity contribution < 1.29 is 14.3 Å². The first kappa shape index (κ1) is 12.3. The van der Waals surface area contributed by atoms with Gasteiger partial charge in [0.15, 0.2) is 5.69 Å². The highest BCUT2D eigenvalue weighted by Gasteiger charge is 2.12. The molecule has 2 aromatic rings. The number of amides is 1. The number of carbonyl (C=O) groups excluding carboxylic acids is 1. The van der Waals surface area contributed by atoms with E-state index in [1.807, 2.05) is 0 Å². The molecule has 1 heterocycles. The molecule has 0 radical (unpaired) electrons. The SMILES string of the molecule is O=C(Nc1ccc(F)c(Cl)c1)c1ncccc1O. The van der Waals surface area contributed by atoms with Crippen molar-refractivity contribution in [2.24, 2.45) is 0 Å². The van der Waals surface area contributed by atoms with Crippen molar-refractivity contribution in [3.8, 4) is 5.75 Å². The van der Waals surface area contributed by atoms with Crippen LogP contribution in [-0.2, 0) is 0 Å². The van der Waals surface area contributed by atoms with E-state index < -0.39 is 11.7 Å². The van der Waals surface area contributed by atoms with Crippen molar-refractivity contribution in [3.05, 3.63) is 53.1 Å². The van der Waals surface area contributed by atoms with E-state index in [1.54, 1.807) is 0 Å². The first-order chi connectivity index (χ1) is 8.58. The third-order valence-electron chi connectivity index (χ3n) is 2.18. The molecule has 0 saturated heterocycles. The largest absolute Gasteiger partial charge is 0.505 e. The van der Waals surface area contributed by atoms with Gasteiger partial charge in [-0.3, -0.25) is 4.79 Å². The molecule has 0 spiro atoms. The summed E-state index contributed by atoms with van der Waals surface area (Å²) in [5.41, 5.74) is 0.203. The van der Waals surface area contributed by atoms with Gasteiger partial charge in [0.2, 0.25) is 0 Å². The Morgan fingerprint density at radius 3 is 2.83 bits per heavy atom. The van der Waals surface area contributed by atoms with Gasteiger partial charge in [0.05, 0.1) is 5.02 Å². The fraction of sp³-hybridized carbons (Fsp3) is 0. The second-order valence-corrected chi connectivity index (χ2v) is 3.86.